The summed E-state index contributed by atoms with van der Waals surface area (Å²) in [6.45, 7) is 0.248. The van der Waals surface area contributed by atoms with E-state index in [1.54, 1.807) is 32.4 Å². The van der Waals surface area contributed by atoms with E-state index in [2.05, 4.69) is 0 Å². The summed E-state index contributed by atoms with van der Waals surface area (Å²) < 4.78 is 37.0. The van der Waals surface area contributed by atoms with Crippen molar-refractivity contribution in [1.82, 2.24) is 4.31 Å². The lowest BCUT2D eigenvalue weighted by molar-refractivity contribution is 0.397. The quantitative estimate of drug-likeness (QED) is 0.820. The number of sulfonamides is 1. The zero-order valence-corrected chi connectivity index (χ0v) is 13.6. The SMILES string of the molecule is COc1cccc(CN(C)S(=O)(=O)c2ccccc2OC)c1. The third-order valence-corrected chi connectivity index (χ3v) is 5.14. The molecule has 22 heavy (non-hydrogen) atoms. The van der Waals surface area contributed by atoms with Crippen molar-refractivity contribution in [2.45, 2.75) is 11.4 Å². The molecular formula is C16H19NO4S. The number of para-hydroxylation sites is 1. The second-order valence-corrected chi connectivity index (χ2v) is 6.78. The minimum absolute atomic E-state index is 0.155. The van der Waals surface area contributed by atoms with E-state index >= 15 is 0 Å². The maximum Gasteiger partial charge on any atom is 0.246 e. The molecule has 0 aliphatic heterocycles. The van der Waals surface area contributed by atoms with Crippen LogP contribution in [-0.4, -0.2) is 34.0 Å². The van der Waals surface area contributed by atoms with Crippen LogP contribution in [0.4, 0.5) is 0 Å². The lowest BCUT2D eigenvalue weighted by Crippen LogP contribution is -2.26. The van der Waals surface area contributed by atoms with Gasteiger partial charge in [-0.2, -0.15) is 4.31 Å². The number of methoxy groups -OCH3 is 2. The lowest BCUT2D eigenvalue weighted by Gasteiger charge is -2.19. The van der Waals surface area contributed by atoms with Crippen LogP contribution in [0.25, 0.3) is 0 Å². The third kappa shape index (κ3) is 3.40. The molecule has 2 aromatic carbocycles. The molecule has 0 aromatic heterocycles. The first-order valence-electron chi connectivity index (χ1n) is 6.71. The highest BCUT2D eigenvalue weighted by Gasteiger charge is 2.24. The lowest BCUT2D eigenvalue weighted by atomic mass is 10.2. The zero-order chi connectivity index (χ0) is 16.2. The normalized spacial score (nSPS) is 11.5. The average molecular weight is 321 g/mol. The topological polar surface area (TPSA) is 55.8 Å². The molecule has 0 amide bonds. The molecule has 2 aromatic rings. The van der Waals surface area contributed by atoms with Gasteiger partial charge in [0.25, 0.3) is 0 Å². The van der Waals surface area contributed by atoms with Gasteiger partial charge in [-0.1, -0.05) is 24.3 Å². The number of nitrogens with zero attached hydrogens (tertiary/aromatic N) is 1. The monoisotopic (exact) mass is 321 g/mol. The Morgan fingerprint density at radius 2 is 1.73 bits per heavy atom. The molecule has 0 unspecified atom stereocenters. The van der Waals surface area contributed by atoms with Crippen LogP contribution in [-0.2, 0) is 16.6 Å². The summed E-state index contributed by atoms with van der Waals surface area (Å²) >= 11 is 0. The van der Waals surface area contributed by atoms with Gasteiger partial charge >= 0.3 is 0 Å². The predicted octanol–water partition coefficient (Wildman–Crippen LogP) is 2.52. The van der Waals surface area contributed by atoms with Crippen molar-refractivity contribution in [2.75, 3.05) is 21.3 Å². The highest BCUT2D eigenvalue weighted by molar-refractivity contribution is 7.89. The predicted molar refractivity (Wildman–Crippen MR) is 84.6 cm³/mol. The van der Waals surface area contributed by atoms with Crippen molar-refractivity contribution in [3.05, 3.63) is 54.1 Å². The van der Waals surface area contributed by atoms with Gasteiger partial charge in [0.1, 0.15) is 16.4 Å². The van der Waals surface area contributed by atoms with Crippen LogP contribution < -0.4 is 9.47 Å². The summed E-state index contributed by atoms with van der Waals surface area (Å²) in [7, 11) is 0.943. The standard InChI is InChI=1S/C16H19NO4S/c1-17(12-13-7-6-8-14(11-13)20-2)22(18,19)16-10-5-4-9-15(16)21-3/h4-11H,12H2,1-3H3. The van der Waals surface area contributed by atoms with Crippen LogP contribution in [0, 0.1) is 0 Å². The third-order valence-electron chi connectivity index (χ3n) is 3.30. The van der Waals surface area contributed by atoms with Crippen LogP contribution in [0.1, 0.15) is 5.56 Å². The van der Waals surface area contributed by atoms with Crippen molar-refractivity contribution < 1.29 is 17.9 Å². The molecular weight excluding hydrogens is 302 g/mol. The van der Waals surface area contributed by atoms with Gasteiger partial charge in [0.05, 0.1) is 14.2 Å². The largest absolute Gasteiger partial charge is 0.497 e. The van der Waals surface area contributed by atoms with Crippen LogP contribution in [0.2, 0.25) is 0 Å². The van der Waals surface area contributed by atoms with Gasteiger partial charge in [-0.3, -0.25) is 0 Å². The Morgan fingerprint density at radius 3 is 2.41 bits per heavy atom. The van der Waals surface area contributed by atoms with E-state index in [0.717, 1.165) is 5.56 Å². The van der Waals surface area contributed by atoms with Crippen LogP contribution >= 0.6 is 0 Å². The van der Waals surface area contributed by atoms with Gasteiger partial charge in [-0.15, -0.1) is 0 Å². The fourth-order valence-corrected chi connectivity index (χ4v) is 3.42. The van der Waals surface area contributed by atoms with Gasteiger partial charge in [0.2, 0.25) is 10.0 Å². The first-order valence-corrected chi connectivity index (χ1v) is 8.15. The number of hydrogen-bond acceptors (Lipinski definition) is 4. The molecule has 5 nitrogen and oxygen atoms in total. The maximum atomic E-state index is 12.7. The summed E-state index contributed by atoms with van der Waals surface area (Å²) in [5.74, 6) is 1.03. The Kier molecular flexibility index (Phi) is 5.05. The highest BCUT2D eigenvalue weighted by atomic mass is 32.2. The van der Waals surface area contributed by atoms with Gasteiger partial charge in [-0.05, 0) is 29.8 Å². The summed E-state index contributed by atoms with van der Waals surface area (Å²) in [5, 5.41) is 0. The van der Waals surface area contributed by atoms with Crippen LogP contribution in [0.15, 0.2) is 53.4 Å². The number of hydrogen-bond donors (Lipinski definition) is 0. The van der Waals surface area contributed by atoms with Crippen molar-refractivity contribution in [3.63, 3.8) is 0 Å². The molecule has 0 radical (unpaired) electrons. The molecule has 6 heteroatoms. The minimum atomic E-state index is -3.63. The molecule has 0 saturated carbocycles. The number of ether oxygens (including phenoxy) is 2. The van der Waals surface area contributed by atoms with E-state index in [9.17, 15) is 8.42 Å². The smallest absolute Gasteiger partial charge is 0.246 e. The second kappa shape index (κ2) is 6.81. The number of rotatable bonds is 6. The highest BCUT2D eigenvalue weighted by Crippen LogP contribution is 2.26. The molecule has 0 atom stereocenters. The molecule has 0 N–H and O–H groups in total. The van der Waals surface area contributed by atoms with E-state index in [-0.39, 0.29) is 11.4 Å². The Balaban J connectivity index is 2.29. The molecule has 0 saturated heterocycles. The summed E-state index contributed by atoms with van der Waals surface area (Å²) in [6.07, 6.45) is 0. The second-order valence-electron chi connectivity index (χ2n) is 4.76. The van der Waals surface area contributed by atoms with Crippen LogP contribution in [0.5, 0.6) is 11.5 Å². The summed E-state index contributed by atoms with van der Waals surface area (Å²) in [6, 6.07) is 13.9. The summed E-state index contributed by atoms with van der Waals surface area (Å²) in [4.78, 5) is 0.155. The molecule has 118 valence electrons. The van der Waals surface area contributed by atoms with Crippen molar-refractivity contribution in [1.29, 1.82) is 0 Å². The zero-order valence-electron chi connectivity index (χ0n) is 12.8. The van der Waals surface area contributed by atoms with Crippen molar-refractivity contribution in [2.24, 2.45) is 0 Å². The van der Waals surface area contributed by atoms with Crippen molar-refractivity contribution in [3.8, 4) is 11.5 Å². The Labute approximate surface area is 131 Å². The molecule has 0 aliphatic carbocycles. The Morgan fingerprint density at radius 1 is 1.00 bits per heavy atom. The van der Waals surface area contributed by atoms with Crippen LogP contribution in [0.3, 0.4) is 0 Å². The fourth-order valence-electron chi connectivity index (χ4n) is 2.11. The fraction of sp³-hybridized carbons (Fsp3) is 0.250. The molecule has 0 spiro atoms. The maximum absolute atomic E-state index is 12.7. The molecule has 0 fully saturated rings. The average Bonchev–Trinajstić information content (AvgIpc) is 2.54. The van der Waals surface area contributed by atoms with Gasteiger partial charge in [0.15, 0.2) is 0 Å². The molecule has 0 aliphatic rings. The van der Waals surface area contributed by atoms with E-state index < -0.39 is 10.0 Å². The Hall–Kier alpha value is -2.05. The van der Waals surface area contributed by atoms with Gasteiger partial charge in [0, 0.05) is 13.6 Å². The molecule has 0 bridgehead atoms. The number of benzene rings is 2. The minimum Gasteiger partial charge on any atom is -0.497 e. The van der Waals surface area contributed by atoms with Crippen molar-refractivity contribution >= 4 is 10.0 Å². The first kappa shape index (κ1) is 16.3. The summed E-state index contributed by atoms with van der Waals surface area (Å²) in [5.41, 5.74) is 0.848. The first-order chi connectivity index (χ1) is 10.5. The molecule has 0 heterocycles. The van der Waals surface area contributed by atoms with Gasteiger partial charge < -0.3 is 9.47 Å². The van der Waals surface area contributed by atoms with E-state index in [0.29, 0.717) is 11.5 Å². The molecule has 2 rings (SSSR count). The van der Waals surface area contributed by atoms with E-state index in [1.807, 2.05) is 24.3 Å². The van der Waals surface area contributed by atoms with Gasteiger partial charge in [-0.25, -0.2) is 8.42 Å². The Bertz CT molecular complexity index is 743. The van der Waals surface area contributed by atoms with E-state index in [4.69, 9.17) is 9.47 Å². The van der Waals surface area contributed by atoms with E-state index in [1.165, 1.54) is 17.5 Å².